The van der Waals surface area contributed by atoms with E-state index in [9.17, 15) is 9.59 Å². The fraction of sp³-hybridized carbons (Fsp3) is 0.818. The number of rotatable bonds is 3. The maximum atomic E-state index is 12.1. The van der Waals surface area contributed by atoms with E-state index in [1.54, 1.807) is 11.9 Å². The van der Waals surface area contributed by atoms with Gasteiger partial charge >= 0.3 is 5.97 Å². The molecule has 1 aliphatic heterocycles. The fourth-order valence-corrected chi connectivity index (χ4v) is 2.02. The Hall–Kier alpha value is -1.10. The van der Waals surface area contributed by atoms with Crippen molar-refractivity contribution in [2.75, 3.05) is 20.7 Å². The van der Waals surface area contributed by atoms with Gasteiger partial charge in [0.2, 0.25) is 5.91 Å². The lowest BCUT2D eigenvalue weighted by Crippen LogP contribution is -2.48. The van der Waals surface area contributed by atoms with Crippen molar-refractivity contribution >= 4 is 11.9 Å². The Balaban J connectivity index is 2.74. The van der Waals surface area contributed by atoms with Crippen molar-refractivity contribution < 1.29 is 14.3 Å². The van der Waals surface area contributed by atoms with E-state index < -0.39 is 0 Å². The average Bonchev–Trinajstić information content (AvgIpc) is 2.41. The molecular formula is C11H20N2O3. The van der Waals surface area contributed by atoms with Gasteiger partial charge in [0.15, 0.2) is 0 Å². The molecule has 1 N–H and O–H groups in total. The topological polar surface area (TPSA) is 58.6 Å². The van der Waals surface area contributed by atoms with Crippen LogP contribution in [0.25, 0.3) is 0 Å². The van der Waals surface area contributed by atoms with Crippen LogP contribution in [0.1, 0.15) is 26.2 Å². The Bertz CT molecular complexity index is 268. The van der Waals surface area contributed by atoms with Crippen LogP contribution in [-0.4, -0.2) is 49.6 Å². The highest BCUT2D eigenvalue weighted by molar-refractivity contribution is 5.86. The van der Waals surface area contributed by atoms with E-state index in [-0.39, 0.29) is 30.5 Å². The van der Waals surface area contributed by atoms with Gasteiger partial charge in [-0.15, -0.1) is 0 Å². The summed E-state index contributed by atoms with van der Waals surface area (Å²) >= 11 is 0. The van der Waals surface area contributed by atoms with Crippen LogP contribution in [0.4, 0.5) is 0 Å². The van der Waals surface area contributed by atoms with Crippen molar-refractivity contribution in [3.63, 3.8) is 0 Å². The second-order valence-corrected chi connectivity index (χ2v) is 4.16. The first-order chi connectivity index (χ1) is 7.60. The fourth-order valence-electron chi connectivity index (χ4n) is 2.02. The summed E-state index contributed by atoms with van der Waals surface area (Å²) in [4.78, 5) is 24.9. The summed E-state index contributed by atoms with van der Waals surface area (Å²) in [6.45, 7) is 2.02. The first kappa shape index (κ1) is 13.0. The Morgan fingerprint density at radius 2 is 2.25 bits per heavy atom. The number of amides is 1. The highest BCUT2D eigenvalue weighted by Crippen LogP contribution is 2.17. The van der Waals surface area contributed by atoms with E-state index in [0.29, 0.717) is 0 Å². The molecule has 0 saturated carbocycles. The minimum atomic E-state index is -0.364. The lowest BCUT2D eigenvalue weighted by Gasteiger charge is -2.28. The largest absolute Gasteiger partial charge is 0.468 e. The highest BCUT2D eigenvalue weighted by atomic mass is 16.5. The van der Waals surface area contributed by atoms with Gasteiger partial charge in [-0.25, -0.2) is 0 Å². The highest BCUT2D eigenvalue weighted by Gasteiger charge is 2.31. The number of carbonyl (C=O) groups is 2. The molecule has 2 unspecified atom stereocenters. The second-order valence-electron chi connectivity index (χ2n) is 4.16. The molecule has 5 heteroatoms. The third-order valence-electron chi connectivity index (χ3n) is 3.10. The monoisotopic (exact) mass is 228 g/mol. The van der Waals surface area contributed by atoms with Gasteiger partial charge in [0, 0.05) is 6.04 Å². The number of carbonyl (C=O) groups excluding carboxylic acids is 2. The maximum Gasteiger partial charge on any atom is 0.325 e. The van der Waals surface area contributed by atoms with Crippen molar-refractivity contribution in [2.45, 2.75) is 38.3 Å². The molecule has 2 atom stereocenters. The molecular weight excluding hydrogens is 208 g/mol. The quantitative estimate of drug-likeness (QED) is 0.698. The number of likely N-dealkylation sites (tertiary alicyclic amines) is 1. The number of esters is 1. The van der Waals surface area contributed by atoms with Crippen LogP contribution in [0, 0.1) is 0 Å². The smallest absolute Gasteiger partial charge is 0.325 e. The predicted molar refractivity (Wildman–Crippen MR) is 59.9 cm³/mol. The molecule has 0 aromatic rings. The number of nitrogens with zero attached hydrogens (tertiary/aromatic N) is 1. The summed E-state index contributed by atoms with van der Waals surface area (Å²) < 4.78 is 4.61. The lowest BCUT2D eigenvalue weighted by atomic mass is 10.1. The summed E-state index contributed by atoms with van der Waals surface area (Å²) in [7, 11) is 3.11. The van der Waals surface area contributed by atoms with Crippen LogP contribution in [0.15, 0.2) is 0 Å². The first-order valence-corrected chi connectivity index (χ1v) is 5.64. The molecule has 0 aliphatic carbocycles. The van der Waals surface area contributed by atoms with Crippen LogP contribution < -0.4 is 5.32 Å². The minimum Gasteiger partial charge on any atom is -0.468 e. The van der Waals surface area contributed by atoms with Gasteiger partial charge in [-0.3, -0.25) is 9.59 Å². The van der Waals surface area contributed by atoms with Crippen molar-refractivity contribution in [1.82, 2.24) is 10.2 Å². The molecule has 5 nitrogen and oxygen atoms in total. The van der Waals surface area contributed by atoms with Crippen molar-refractivity contribution in [3.05, 3.63) is 0 Å². The lowest BCUT2D eigenvalue weighted by molar-refractivity contribution is -0.148. The molecule has 1 heterocycles. The number of hydrogen-bond acceptors (Lipinski definition) is 4. The van der Waals surface area contributed by atoms with Crippen LogP contribution in [0.5, 0.6) is 0 Å². The zero-order valence-electron chi connectivity index (χ0n) is 10.2. The van der Waals surface area contributed by atoms with Crippen molar-refractivity contribution in [1.29, 1.82) is 0 Å². The van der Waals surface area contributed by atoms with Crippen LogP contribution in [0.3, 0.4) is 0 Å². The number of hydrogen-bond donors (Lipinski definition) is 1. The van der Waals surface area contributed by atoms with Gasteiger partial charge in [-0.2, -0.15) is 0 Å². The maximum absolute atomic E-state index is 12.1. The predicted octanol–water partition coefficient (Wildman–Crippen LogP) is 0.148. The van der Waals surface area contributed by atoms with E-state index in [0.717, 1.165) is 19.3 Å². The molecule has 1 rings (SSSR count). The van der Waals surface area contributed by atoms with E-state index in [1.165, 1.54) is 7.11 Å². The number of nitrogens with one attached hydrogen (secondary N) is 1. The zero-order chi connectivity index (χ0) is 12.1. The molecule has 1 aliphatic rings. The molecule has 0 spiro atoms. The van der Waals surface area contributed by atoms with Crippen molar-refractivity contribution in [3.8, 4) is 0 Å². The minimum absolute atomic E-state index is 0.00194. The molecule has 0 aromatic heterocycles. The zero-order valence-corrected chi connectivity index (χ0v) is 10.2. The molecule has 1 fully saturated rings. The molecule has 0 bridgehead atoms. The normalized spacial score (nSPS) is 26.4. The average molecular weight is 228 g/mol. The van der Waals surface area contributed by atoms with E-state index in [1.807, 2.05) is 6.92 Å². The molecule has 0 aromatic carbocycles. The van der Waals surface area contributed by atoms with Crippen LogP contribution in [0.2, 0.25) is 0 Å². The Morgan fingerprint density at radius 3 is 2.81 bits per heavy atom. The summed E-state index contributed by atoms with van der Waals surface area (Å²) in [6, 6.07) is -0.0699. The number of ether oxygens (including phenoxy) is 1. The molecule has 16 heavy (non-hydrogen) atoms. The number of methoxy groups -OCH3 is 1. The SMILES string of the molecule is CNC1CCCC(C)N(CC(=O)OC)C1=O. The van der Waals surface area contributed by atoms with Crippen molar-refractivity contribution in [2.24, 2.45) is 0 Å². The van der Waals surface area contributed by atoms with Crippen LogP contribution in [-0.2, 0) is 14.3 Å². The molecule has 1 saturated heterocycles. The van der Waals surface area contributed by atoms with E-state index >= 15 is 0 Å². The first-order valence-electron chi connectivity index (χ1n) is 5.64. The van der Waals surface area contributed by atoms with Gasteiger partial charge in [-0.1, -0.05) is 0 Å². The van der Waals surface area contributed by atoms with Gasteiger partial charge < -0.3 is 15.0 Å². The van der Waals surface area contributed by atoms with Crippen LogP contribution >= 0.6 is 0 Å². The van der Waals surface area contributed by atoms with E-state index in [2.05, 4.69) is 10.1 Å². The summed E-state index contributed by atoms with van der Waals surface area (Å²) in [5.74, 6) is -0.366. The van der Waals surface area contributed by atoms with Gasteiger partial charge in [0.05, 0.1) is 13.2 Å². The second kappa shape index (κ2) is 5.84. The summed E-state index contributed by atoms with van der Waals surface area (Å²) in [5.41, 5.74) is 0. The van der Waals surface area contributed by atoms with Gasteiger partial charge in [-0.05, 0) is 33.2 Å². The molecule has 92 valence electrons. The Morgan fingerprint density at radius 1 is 1.56 bits per heavy atom. The van der Waals surface area contributed by atoms with E-state index in [4.69, 9.17) is 0 Å². The molecule has 0 radical (unpaired) electrons. The standard InChI is InChI=1S/C11H20N2O3/c1-8-5-4-6-9(12-2)11(15)13(8)7-10(14)16-3/h8-9,12H,4-7H2,1-3H3. The Labute approximate surface area is 96.1 Å². The molecule has 1 amide bonds. The third kappa shape index (κ3) is 2.95. The van der Waals surface area contributed by atoms with Gasteiger partial charge in [0.1, 0.15) is 6.54 Å². The summed E-state index contributed by atoms with van der Waals surface area (Å²) in [5, 5.41) is 2.99. The summed E-state index contributed by atoms with van der Waals surface area (Å²) in [6.07, 6.45) is 2.76. The number of likely N-dealkylation sites (N-methyl/N-ethyl adjacent to an activating group) is 1. The Kier molecular flexibility index (Phi) is 4.73. The van der Waals surface area contributed by atoms with Gasteiger partial charge in [0.25, 0.3) is 0 Å². The third-order valence-corrected chi connectivity index (χ3v) is 3.10.